The van der Waals surface area contributed by atoms with E-state index in [2.05, 4.69) is 17.8 Å². The van der Waals surface area contributed by atoms with Gasteiger partial charge in [0.1, 0.15) is 11.6 Å². The van der Waals surface area contributed by atoms with Gasteiger partial charge < -0.3 is 11.2 Å². The van der Waals surface area contributed by atoms with Crippen molar-refractivity contribution in [1.29, 1.82) is 0 Å². The number of hydrazine groups is 1. The summed E-state index contributed by atoms with van der Waals surface area (Å²) >= 11 is 0. The van der Waals surface area contributed by atoms with E-state index in [1.807, 2.05) is 0 Å². The molecule has 0 saturated heterocycles. The van der Waals surface area contributed by atoms with Gasteiger partial charge in [0, 0.05) is 5.57 Å². The molecule has 1 atom stereocenters. The van der Waals surface area contributed by atoms with Gasteiger partial charge in [-0.3, -0.25) is 0 Å². The smallest absolute Gasteiger partial charge is 0.123 e. The Morgan fingerprint density at radius 2 is 2.00 bits per heavy atom. The molecule has 0 saturated carbocycles. The fourth-order valence-corrected chi connectivity index (χ4v) is 1.78. The number of hydrogen-bond acceptors (Lipinski definition) is 3. The fraction of sp³-hybridized carbons (Fsp3) is 0.273. The van der Waals surface area contributed by atoms with Crippen LogP contribution in [0.5, 0.6) is 0 Å². The zero-order valence-corrected chi connectivity index (χ0v) is 8.55. The van der Waals surface area contributed by atoms with E-state index in [4.69, 9.17) is 5.73 Å². The van der Waals surface area contributed by atoms with Crippen LogP contribution in [0.15, 0.2) is 30.1 Å². The minimum absolute atomic E-state index is 0.190. The maximum atomic E-state index is 12.8. The maximum Gasteiger partial charge on any atom is 0.123 e. The first-order valence-electron chi connectivity index (χ1n) is 4.99. The minimum atomic E-state index is -0.232. The van der Waals surface area contributed by atoms with Crippen molar-refractivity contribution in [3.05, 3.63) is 41.5 Å². The van der Waals surface area contributed by atoms with E-state index < -0.39 is 0 Å². The van der Waals surface area contributed by atoms with Crippen LogP contribution in [-0.2, 0) is 0 Å². The van der Waals surface area contributed by atoms with Gasteiger partial charge in [0.25, 0.3) is 0 Å². The molecule has 2 rings (SSSR count). The molecule has 1 aromatic carbocycles. The minimum Gasteiger partial charge on any atom is -0.384 e. The third-order valence-corrected chi connectivity index (χ3v) is 2.58. The van der Waals surface area contributed by atoms with Gasteiger partial charge in [-0.2, -0.15) is 0 Å². The normalized spacial score (nSPS) is 20.5. The molecule has 0 radical (unpaired) electrons. The lowest BCUT2D eigenvalue weighted by Gasteiger charge is -2.11. The van der Waals surface area contributed by atoms with E-state index in [9.17, 15) is 4.39 Å². The zero-order valence-electron chi connectivity index (χ0n) is 8.55. The summed E-state index contributed by atoms with van der Waals surface area (Å²) in [6.07, 6.45) is 0.931. The van der Waals surface area contributed by atoms with Gasteiger partial charge in [-0.25, -0.2) is 9.82 Å². The van der Waals surface area contributed by atoms with E-state index in [0.717, 1.165) is 17.6 Å². The van der Waals surface area contributed by atoms with E-state index in [1.54, 1.807) is 12.1 Å². The summed E-state index contributed by atoms with van der Waals surface area (Å²) in [4.78, 5) is 0. The van der Waals surface area contributed by atoms with E-state index in [-0.39, 0.29) is 11.9 Å². The number of rotatable bonds is 2. The summed E-state index contributed by atoms with van der Waals surface area (Å²) in [6, 6.07) is 6.57. The molecule has 15 heavy (non-hydrogen) atoms. The van der Waals surface area contributed by atoms with Crippen molar-refractivity contribution in [1.82, 2.24) is 10.9 Å². The van der Waals surface area contributed by atoms with Crippen molar-refractivity contribution >= 4 is 5.57 Å². The zero-order chi connectivity index (χ0) is 10.8. The predicted molar refractivity (Wildman–Crippen MR) is 57.9 cm³/mol. The third-order valence-electron chi connectivity index (χ3n) is 2.58. The first kappa shape index (κ1) is 9.98. The Morgan fingerprint density at radius 3 is 2.60 bits per heavy atom. The Morgan fingerprint density at radius 1 is 1.33 bits per heavy atom. The van der Waals surface area contributed by atoms with Crippen LogP contribution in [0.1, 0.15) is 18.9 Å². The Balaban J connectivity index is 2.37. The molecule has 1 heterocycles. The molecular formula is C11H14FN3. The van der Waals surface area contributed by atoms with Crippen molar-refractivity contribution in [2.24, 2.45) is 5.73 Å². The predicted octanol–water partition coefficient (Wildman–Crippen LogP) is 1.34. The molecule has 0 amide bonds. The average Bonchev–Trinajstić information content (AvgIpc) is 2.61. The molecule has 80 valence electrons. The lowest BCUT2D eigenvalue weighted by atomic mass is 9.98. The Labute approximate surface area is 88.1 Å². The maximum absolute atomic E-state index is 12.8. The molecular weight excluding hydrogens is 193 g/mol. The van der Waals surface area contributed by atoms with Gasteiger partial charge >= 0.3 is 0 Å². The molecule has 1 aliphatic rings. The van der Waals surface area contributed by atoms with Crippen LogP contribution in [0.4, 0.5) is 4.39 Å². The molecule has 3 nitrogen and oxygen atoms in total. The van der Waals surface area contributed by atoms with Crippen molar-refractivity contribution < 1.29 is 4.39 Å². The van der Waals surface area contributed by atoms with Crippen LogP contribution in [-0.4, -0.2) is 6.04 Å². The molecule has 0 aliphatic carbocycles. The van der Waals surface area contributed by atoms with Gasteiger partial charge in [-0.05, 0) is 24.1 Å². The Kier molecular flexibility index (Phi) is 2.60. The first-order chi connectivity index (χ1) is 7.22. The molecule has 1 unspecified atom stereocenters. The first-order valence-corrected chi connectivity index (χ1v) is 4.99. The molecule has 1 aromatic rings. The number of benzene rings is 1. The van der Waals surface area contributed by atoms with Crippen LogP contribution < -0.4 is 16.6 Å². The second kappa shape index (κ2) is 3.90. The summed E-state index contributed by atoms with van der Waals surface area (Å²) in [6.45, 7) is 2.07. The molecule has 4 heteroatoms. The molecule has 0 aromatic heterocycles. The quantitative estimate of drug-likeness (QED) is 0.686. The summed E-state index contributed by atoms with van der Waals surface area (Å²) in [7, 11) is 0. The van der Waals surface area contributed by atoms with Crippen molar-refractivity contribution in [2.75, 3.05) is 0 Å². The monoisotopic (exact) mass is 207 g/mol. The number of nitrogens with two attached hydrogens (primary N) is 1. The highest BCUT2D eigenvalue weighted by Crippen LogP contribution is 2.24. The number of halogens is 1. The highest BCUT2D eigenvalue weighted by molar-refractivity contribution is 5.73. The summed E-state index contributed by atoms with van der Waals surface area (Å²) in [5.41, 5.74) is 13.8. The molecule has 1 aliphatic heterocycles. The lowest BCUT2D eigenvalue weighted by molar-refractivity contribution is 0.566. The second-order valence-electron chi connectivity index (χ2n) is 3.56. The van der Waals surface area contributed by atoms with Crippen molar-refractivity contribution in [2.45, 2.75) is 19.4 Å². The summed E-state index contributed by atoms with van der Waals surface area (Å²) in [5, 5.41) is 0. The van der Waals surface area contributed by atoms with Gasteiger partial charge in [-0.1, -0.05) is 19.1 Å². The molecule has 0 fully saturated rings. The van der Waals surface area contributed by atoms with Crippen molar-refractivity contribution in [3.63, 3.8) is 0 Å². The van der Waals surface area contributed by atoms with Crippen LogP contribution in [0, 0.1) is 5.82 Å². The second-order valence-corrected chi connectivity index (χ2v) is 3.56. The van der Waals surface area contributed by atoms with Gasteiger partial charge in [0.15, 0.2) is 0 Å². The average molecular weight is 207 g/mol. The van der Waals surface area contributed by atoms with Crippen LogP contribution in [0.3, 0.4) is 0 Å². The lowest BCUT2D eigenvalue weighted by Crippen LogP contribution is -2.33. The Bertz CT molecular complexity index is 383. The molecule has 0 bridgehead atoms. The standard InChI is InChI=1S/C11H14FN3/c1-2-9-10(11(13)15-14-9)7-3-5-8(12)6-4-7/h3-6,9,14-15H,2,13H2,1H3. The highest BCUT2D eigenvalue weighted by atomic mass is 19.1. The number of nitrogens with one attached hydrogen (secondary N) is 2. The topological polar surface area (TPSA) is 50.1 Å². The van der Waals surface area contributed by atoms with Crippen LogP contribution in [0.25, 0.3) is 5.57 Å². The third kappa shape index (κ3) is 1.80. The highest BCUT2D eigenvalue weighted by Gasteiger charge is 2.22. The number of hydrogen-bond donors (Lipinski definition) is 3. The Hall–Kier alpha value is -1.55. The van der Waals surface area contributed by atoms with Crippen LogP contribution >= 0.6 is 0 Å². The summed E-state index contributed by atoms with van der Waals surface area (Å²) in [5.74, 6) is 0.387. The van der Waals surface area contributed by atoms with Crippen molar-refractivity contribution in [3.8, 4) is 0 Å². The van der Waals surface area contributed by atoms with Crippen LogP contribution in [0.2, 0.25) is 0 Å². The van der Waals surface area contributed by atoms with E-state index in [0.29, 0.717) is 5.82 Å². The molecule has 4 N–H and O–H groups in total. The van der Waals surface area contributed by atoms with E-state index in [1.165, 1.54) is 12.1 Å². The largest absolute Gasteiger partial charge is 0.384 e. The van der Waals surface area contributed by atoms with Gasteiger partial charge in [0.2, 0.25) is 0 Å². The van der Waals surface area contributed by atoms with E-state index >= 15 is 0 Å². The van der Waals surface area contributed by atoms with Gasteiger partial charge in [-0.15, -0.1) is 0 Å². The molecule has 0 spiro atoms. The van der Waals surface area contributed by atoms with Gasteiger partial charge in [0.05, 0.1) is 6.04 Å². The SMILES string of the molecule is CCC1NNC(N)=C1c1ccc(F)cc1. The summed E-state index contributed by atoms with van der Waals surface area (Å²) < 4.78 is 12.8. The fourth-order valence-electron chi connectivity index (χ4n) is 1.78.